The highest BCUT2D eigenvalue weighted by molar-refractivity contribution is 5.74. The standard InChI is InChI=1S/C16H30N4O/c1-12(2)7-8-13(3)18-16(21)17-9-6-10-20-15(5)11-14(4)19-20/h11-13H,6-10H2,1-5H3,(H2,17,18,21). The monoisotopic (exact) mass is 294 g/mol. The Hall–Kier alpha value is -1.52. The zero-order valence-electron chi connectivity index (χ0n) is 14.1. The second-order valence-electron chi connectivity index (χ2n) is 6.28. The topological polar surface area (TPSA) is 59.0 Å². The van der Waals surface area contributed by atoms with Crippen molar-refractivity contribution in [1.29, 1.82) is 0 Å². The van der Waals surface area contributed by atoms with Crippen molar-refractivity contribution in [2.45, 2.75) is 66.5 Å². The van der Waals surface area contributed by atoms with Gasteiger partial charge in [0.25, 0.3) is 0 Å². The molecule has 0 aliphatic carbocycles. The summed E-state index contributed by atoms with van der Waals surface area (Å²) < 4.78 is 1.99. The number of nitrogens with zero attached hydrogens (tertiary/aromatic N) is 2. The Morgan fingerprint density at radius 2 is 2.00 bits per heavy atom. The molecule has 1 aromatic rings. The van der Waals surface area contributed by atoms with Crippen molar-refractivity contribution >= 4 is 6.03 Å². The van der Waals surface area contributed by atoms with Crippen LogP contribution in [-0.4, -0.2) is 28.4 Å². The molecule has 0 aromatic carbocycles. The third-order valence-electron chi connectivity index (χ3n) is 3.49. The molecule has 0 fully saturated rings. The van der Waals surface area contributed by atoms with Gasteiger partial charge in [-0.1, -0.05) is 13.8 Å². The predicted molar refractivity (Wildman–Crippen MR) is 86.4 cm³/mol. The average Bonchev–Trinajstić information content (AvgIpc) is 2.70. The summed E-state index contributed by atoms with van der Waals surface area (Å²) in [5.41, 5.74) is 2.21. The van der Waals surface area contributed by atoms with Crippen LogP contribution in [-0.2, 0) is 6.54 Å². The van der Waals surface area contributed by atoms with Crippen molar-refractivity contribution in [3.63, 3.8) is 0 Å². The quantitative estimate of drug-likeness (QED) is 0.724. The Labute approximate surface area is 128 Å². The predicted octanol–water partition coefficient (Wildman–Crippen LogP) is 3.01. The van der Waals surface area contributed by atoms with Crippen LogP contribution in [0.15, 0.2) is 6.07 Å². The molecule has 1 rings (SSSR count). The lowest BCUT2D eigenvalue weighted by molar-refractivity contribution is 0.236. The van der Waals surface area contributed by atoms with Crippen LogP contribution in [0.25, 0.3) is 0 Å². The molecule has 5 nitrogen and oxygen atoms in total. The third kappa shape index (κ3) is 7.16. The molecule has 1 unspecified atom stereocenters. The lowest BCUT2D eigenvalue weighted by atomic mass is 10.0. The molecule has 0 radical (unpaired) electrons. The summed E-state index contributed by atoms with van der Waals surface area (Å²) in [5.74, 6) is 0.679. The van der Waals surface area contributed by atoms with Gasteiger partial charge in [-0.05, 0) is 52.0 Å². The van der Waals surface area contributed by atoms with E-state index >= 15 is 0 Å². The molecular weight excluding hydrogens is 264 g/mol. The van der Waals surface area contributed by atoms with Crippen molar-refractivity contribution in [3.05, 3.63) is 17.5 Å². The smallest absolute Gasteiger partial charge is 0.314 e. The van der Waals surface area contributed by atoms with Gasteiger partial charge in [0.2, 0.25) is 0 Å². The van der Waals surface area contributed by atoms with E-state index in [4.69, 9.17) is 0 Å². The first-order chi connectivity index (χ1) is 9.88. The zero-order chi connectivity index (χ0) is 15.8. The molecule has 2 N–H and O–H groups in total. The number of hydrogen-bond acceptors (Lipinski definition) is 2. The number of urea groups is 1. The Morgan fingerprint density at radius 3 is 2.57 bits per heavy atom. The SMILES string of the molecule is Cc1cc(C)n(CCCNC(=O)NC(C)CCC(C)C)n1. The van der Waals surface area contributed by atoms with Gasteiger partial charge in [-0.25, -0.2) is 4.79 Å². The molecule has 0 bridgehead atoms. The highest BCUT2D eigenvalue weighted by Crippen LogP contribution is 2.06. The first-order valence-electron chi connectivity index (χ1n) is 7.94. The van der Waals surface area contributed by atoms with Crippen molar-refractivity contribution in [3.8, 4) is 0 Å². The second-order valence-corrected chi connectivity index (χ2v) is 6.28. The molecule has 1 atom stereocenters. The molecule has 1 heterocycles. The molecule has 2 amide bonds. The molecule has 21 heavy (non-hydrogen) atoms. The number of carbonyl (C=O) groups excluding carboxylic acids is 1. The molecule has 0 saturated heterocycles. The minimum Gasteiger partial charge on any atom is -0.338 e. The van der Waals surface area contributed by atoms with Gasteiger partial charge in [-0.2, -0.15) is 5.10 Å². The Balaban J connectivity index is 2.14. The van der Waals surface area contributed by atoms with Gasteiger partial charge >= 0.3 is 6.03 Å². The van der Waals surface area contributed by atoms with E-state index in [0.29, 0.717) is 12.5 Å². The van der Waals surface area contributed by atoms with E-state index in [2.05, 4.69) is 49.5 Å². The third-order valence-corrected chi connectivity index (χ3v) is 3.49. The number of carbonyl (C=O) groups is 1. The number of nitrogens with one attached hydrogen (secondary N) is 2. The molecule has 120 valence electrons. The molecular formula is C16H30N4O. The van der Waals surface area contributed by atoms with E-state index in [1.54, 1.807) is 0 Å². The number of aromatic nitrogens is 2. The van der Waals surface area contributed by atoms with Gasteiger partial charge in [0.1, 0.15) is 0 Å². The summed E-state index contributed by atoms with van der Waals surface area (Å²) in [4.78, 5) is 11.7. The van der Waals surface area contributed by atoms with E-state index in [1.165, 1.54) is 5.69 Å². The van der Waals surface area contributed by atoms with Gasteiger partial charge in [0, 0.05) is 24.8 Å². The van der Waals surface area contributed by atoms with Gasteiger partial charge in [0.05, 0.1) is 5.69 Å². The molecule has 0 aliphatic rings. The highest BCUT2D eigenvalue weighted by Gasteiger charge is 2.07. The van der Waals surface area contributed by atoms with Crippen LogP contribution in [0.2, 0.25) is 0 Å². The summed E-state index contributed by atoms with van der Waals surface area (Å²) in [5, 5.41) is 10.3. The summed E-state index contributed by atoms with van der Waals surface area (Å²) in [7, 11) is 0. The Morgan fingerprint density at radius 1 is 1.29 bits per heavy atom. The van der Waals surface area contributed by atoms with E-state index in [9.17, 15) is 4.79 Å². The van der Waals surface area contributed by atoms with Crippen LogP contribution in [0, 0.1) is 19.8 Å². The maximum Gasteiger partial charge on any atom is 0.314 e. The van der Waals surface area contributed by atoms with Gasteiger partial charge in [-0.15, -0.1) is 0 Å². The minimum atomic E-state index is -0.0698. The fraction of sp³-hybridized carbons (Fsp3) is 0.750. The fourth-order valence-corrected chi connectivity index (χ4v) is 2.26. The molecule has 5 heteroatoms. The number of rotatable bonds is 8. The van der Waals surface area contributed by atoms with E-state index in [1.807, 2.05) is 11.6 Å². The van der Waals surface area contributed by atoms with Crippen LogP contribution in [0.3, 0.4) is 0 Å². The van der Waals surface area contributed by atoms with Crippen molar-refractivity contribution in [1.82, 2.24) is 20.4 Å². The molecule has 1 aromatic heterocycles. The van der Waals surface area contributed by atoms with Gasteiger partial charge in [-0.3, -0.25) is 4.68 Å². The second kappa shape index (κ2) is 8.70. The number of hydrogen-bond donors (Lipinski definition) is 2. The van der Waals surface area contributed by atoms with E-state index < -0.39 is 0 Å². The fourth-order valence-electron chi connectivity index (χ4n) is 2.26. The molecule has 0 saturated carbocycles. The highest BCUT2D eigenvalue weighted by atomic mass is 16.2. The van der Waals surface area contributed by atoms with Gasteiger partial charge in [0.15, 0.2) is 0 Å². The summed E-state index contributed by atoms with van der Waals surface area (Å²) in [6.07, 6.45) is 3.05. The maximum atomic E-state index is 11.7. The van der Waals surface area contributed by atoms with Crippen molar-refractivity contribution in [2.75, 3.05) is 6.54 Å². The first kappa shape index (κ1) is 17.5. The first-order valence-corrected chi connectivity index (χ1v) is 7.94. The van der Waals surface area contributed by atoms with E-state index in [-0.39, 0.29) is 12.1 Å². The van der Waals surface area contributed by atoms with Crippen molar-refractivity contribution < 1.29 is 4.79 Å². The zero-order valence-corrected chi connectivity index (χ0v) is 14.1. The average molecular weight is 294 g/mol. The van der Waals surface area contributed by atoms with Crippen LogP contribution in [0.4, 0.5) is 4.79 Å². The lowest BCUT2D eigenvalue weighted by Gasteiger charge is -2.15. The van der Waals surface area contributed by atoms with Crippen LogP contribution >= 0.6 is 0 Å². The van der Waals surface area contributed by atoms with Crippen LogP contribution in [0.1, 0.15) is 51.4 Å². The Kier molecular flexibility index (Phi) is 7.26. The summed E-state index contributed by atoms with van der Waals surface area (Å²) in [6, 6.07) is 2.22. The number of amides is 2. The van der Waals surface area contributed by atoms with Crippen LogP contribution in [0.5, 0.6) is 0 Å². The molecule has 0 aliphatic heterocycles. The maximum absolute atomic E-state index is 11.7. The minimum absolute atomic E-state index is 0.0698. The largest absolute Gasteiger partial charge is 0.338 e. The lowest BCUT2D eigenvalue weighted by Crippen LogP contribution is -2.41. The van der Waals surface area contributed by atoms with E-state index in [0.717, 1.165) is 31.5 Å². The Bertz CT molecular complexity index is 439. The molecule has 0 spiro atoms. The number of aryl methyl sites for hydroxylation is 3. The van der Waals surface area contributed by atoms with Crippen molar-refractivity contribution in [2.24, 2.45) is 5.92 Å². The summed E-state index contributed by atoms with van der Waals surface area (Å²) >= 11 is 0. The summed E-state index contributed by atoms with van der Waals surface area (Å²) in [6.45, 7) is 12.0. The van der Waals surface area contributed by atoms with Crippen LogP contribution < -0.4 is 10.6 Å². The van der Waals surface area contributed by atoms with Gasteiger partial charge < -0.3 is 10.6 Å². The normalized spacial score (nSPS) is 12.5.